The maximum atomic E-state index is 6.41. The molecule has 0 bridgehead atoms. The van der Waals surface area contributed by atoms with Crippen LogP contribution in [0, 0.1) is 0 Å². The minimum atomic E-state index is 0.897. The normalized spacial score (nSPS) is 12.1. The number of fused-ring (bicyclic) bond motifs is 7. The summed E-state index contributed by atoms with van der Waals surface area (Å²) in [4.78, 5) is 0. The van der Waals surface area contributed by atoms with Crippen molar-refractivity contribution in [2.45, 2.75) is 0 Å². The predicted octanol–water partition coefficient (Wildman–Crippen LogP) is 12.2. The van der Waals surface area contributed by atoms with E-state index in [0.29, 0.717) is 0 Å². The zero-order valence-electron chi connectivity index (χ0n) is 24.9. The van der Waals surface area contributed by atoms with Crippen molar-refractivity contribution in [2.75, 3.05) is 0 Å². The Kier molecular flexibility index (Phi) is 5.31. The number of para-hydroxylation sites is 2. The van der Waals surface area contributed by atoms with Gasteiger partial charge in [-0.05, 0) is 81.1 Å². The van der Waals surface area contributed by atoms with E-state index in [1.165, 1.54) is 76.9 Å². The molecule has 8 aromatic carbocycles. The van der Waals surface area contributed by atoms with Crippen molar-refractivity contribution in [1.29, 1.82) is 0 Å². The number of rotatable bonds is 3. The SMILES string of the molecule is c1ccc(-n2c3ccccc3c3ccc4ccc(-c5ccccc5-c5ccc6c(c5)-c5cccc7cccc(c57)O6)cc4c32)cc1. The van der Waals surface area contributed by atoms with E-state index in [9.17, 15) is 0 Å². The molecule has 0 unspecified atom stereocenters. The lowest BCUT2D eigenvalue weighted by Crippen LogP contribution is -1.97. The van der Waals surface area contributed by atoms with Crippen LogP contribution in [0.5, 0.6) is 11.5 Å². The largest absolute Gasteiger partial charge is 0.456 e. The van der Waals surface area contributed by atoms with E-state index < -0.39 is 0 Å². The lowest BCUT2D eigenvalue weighted by molar-refractivity contribution is 0.487. The Morgan fingerprint density at radius 2 is 1.09 bits per heavy atom. The second-order valence-electron chi connectivity index (χ2n) is 12.1. The number of aromatic nitrogens is 1. The molecule has 2 heterocycles. The van der Waals surface area contributed by atoms with Gasteiger partial charge in [-0.25, -0.2) is 0 Å². The smallest absolute Gasteiger partial charge is 0.135 e. The average molecular weight is 586 g/mol. The quantitative estimate of drug-likeness (QED) is 0.201. The second kappa shape index (κ2) is 9.69. The van der Waals surface area contributed by atoms with E-state index in [4.69, 9.17) is 4.74 Å². The van der Waals surface area contributed by atoms with Crippen molar-refractivity contribution in [3.05, 3.63) is 164 Å². The summed E-state index contributed by atoms with van der Waals surface area (Å²) >= 11 is 0. The predicted molar refractivity (Wildman–Crippen MR) is 192 cm³/mol. The van der Waals surface area contributed by atoms with Crippen LogP contribution in [-0.2, 0) is 0 Å². The van der Waals surface area contributed by atoms with Gasteiger partial charge in [-0.15, -0.1) is 0 Å². The molecule has 0 N–H and O–H groups in total. The molecular formula is C44H27NO. The van der Waals surface area contributed by atoms with E-state index in [-0.39, 0.29) is 0 Å². The molecule has 2 heteroatoms. The van der Waals surface area contributed by atoms with Crippen LogP contribution < -0.4 is 4.74 Å². The van der Waals surface area contributed by atoms with Crippen LogP contribution in [0.25, 0.3) is 82.4 Å². The number of benzene rings is 8. The molecule has 2 nitrogen and oxygen atoms in total. The van der Waals surface area contributed by atoms with Crippen molar-refractivity contribution in [3.8, 4) is 50.6 Å². The summed E-state index contributed by atoms with van der Waals surface area (Å²) < 4.78 is 8.84. The number of hydrogen-bond acceptors (Lipinski definition) is 1. The van der Waals surface area contributed by atoms with Gasteiger partial charge < -0.3 is 9.30 Å². The number of hydrogen-bond donors (Lipinski definition) is 0. The van der Waals surface area contributed by atoms with Gasteiger partial charge in [0.25, 0.3) is 0 Å². The fourth-order valence-corrected chi connectivity index (χ4v) is 7.51. The van der Waals surface area contributed by atoms with Crippen molar-refractivity contribution in [3.63, 3.8) is 0 Å². The Bertz CT molecular complexity index is 2660. The number of ether oxygens (including phenoxy) is 1. The Morgan fingerprint density at radius 1 is 0.391 bits per heavy atom. The molecule has 9 aromatic rings. The highest BCUT2D eigenvalue weighted by Crippen LogP contribution is 2.48. The van der Waals surface area contributed by atoms with Crippen molar-refractivity contribution in [1.82, 2.24) is 4.57 Å². The Morgan fingerprint density at radius 3 is 1.96 bits per heavy atom. The summed E-state index contributed by atoms with van der Waals surface area (Å²) in [6.45, 7) is 0. The third kappa shape index (κ3) is 3.65. The molecule has 0 saturated carbocycles. The molecule has 46 heavy (non-hydrogen) atoms. The molecule has 0 saturated heterocycles. The van der Waals surface area contributed by atoms with E-state index in [1.54, 1.807) is 0 Å². The fourth-order valence-electron chi connectivity index (χ4n) is 7.51. The van der Waals surface area contributed by atoms with Gasteiger partial charge >= 0.3 is 0 Å². The average Bonchev–Trinajstić information content (AvgIpc) is 3.47. The van der Waals surface area contributed by atoms with Gasteiger partial charge in [0.15, 0.2) is 0 Å². The van der Waals surface area contributed by atoms with Gasteiger partial charge in [0, 0.05) is 32.8 Å². The Hall–Kier alpha value is -6.12. The van der Waals surface area contributed by atoms with Crippen molar-refractivity contribution >= 4 is 43.4 Å². The highest BCUT2D eigenvalue weighted by Gasteiger charge is 2.21. The van der Waals surface area contributed by atoms with Crippen LogP contribution in [0.4, 0.5) is 0 Å². The van der Waals surface area contributed by atoms with Gasteiger partial charge in [0.05, 0.1) is 11.0 Å². The molecular weight excluding hydrogens is 558 g/mol. The molecule has 10 rings (SSSR count). The van der Waals surface area contributed by atoms with Gasteiger partial charge in [-0.3, -0.25) is 0 Å². The van der Waals surface area contributed by atoms with Crippen LogP contribution in [0.1, 0.15) is 0 Å². The first-order valence-corrected chi connectivity index (χ1v) is 15.8. The summed E-state index contributed by atoms with van der Waals surface area (Å²) in [5, 5.41) is 7.37. The molecule has 0 atom stereocenters. The first kappa shape index (κ1) is 25.2. The minimum Gasteiger partial charge on any atom is -0.456 e. The van der Waals surface area contributed by atoms with E-state index in [1.807, 2.05) is 0 Å². The highest BCUT2D eigenvalue weighted by atomic mass is 16.5. The molecule has 1 aliphatic heterocycles. The van der Waals surface area contributed by atoms with Gasteiger partial charge in [0.1, 0.15) is 11.5 Å². The summed E-state index contributed by atoms with van der Waals surface area (Å²) in [5.41, 5.74) is 10.7. The van der Waals surface area contributed by atoms with Crippen LogP contribution in [-0.4, -0.2) is 4.57 Å². The molecule has 0 radical (unpaired) electrons. The Labute approximate surface area is 266 Å². The van der Waals surface area contributed by atoms with Crippen molar-refractivity contribution < 1.29 is 4.74 Å². The molecule has 0 fully saturated rings. The van der Waals surface area contributed by atoms with Crippen LogP contribution in [0.3, 0.4) is 0 Å². The maximum absolute atomic E-state index is 6.41. The van der Waals surface area contributed by atoms with Crippen LogP contribution in [0.15, 0.2) is 164 Å². The standard InChI is InChI=1S/C44H27NO/c1-2-12-32(13-3-1)45-40-18-7-6-16-35(40)37-24-22-28-20-21-30(26-38(28)44(37)45)33-14-4-5-15-34(33)31-23-25-41-39(27-31)36-17-8-10-29-11-9-19-42(46-41)43(29)36/h1-27H. The van der Waals surface area contributed by atoms with Crippen LogP contribution in [0.2, 0.25) is 0 Å². The van der Waals surface area contributed by atoms with E-state index >= 15 is 0 Å². The zero-order chi connectivity index (χ0) is 30.2. The highest BCUT2D eigenvalue weighted by molar-refractivity contribution is 6.19. The van der Waals surface area contributed by atoms with Gasteiger partial charge in [-0.2, -0.15) is 0 Å². The third-order valence-electron chi connectivity index (χ3n) is 9.57. The summed E-state index contributed by atoms with van der Waals surface area (Å²) in [5.74, 6) is 1.82. The summed E-state index contributed by atoms with van der Waals surface area (Å²) in [7, 11) is 0. The maximum Gasteiger partial charge on any atom is 0.135 e. The summed E-state index contributed by atoms with van der Waals surface area (Å²) in [6, 6.07) is 59.1. The van der Waals surface area contributed by atoms with Crippen LogP contribution >= 0.6 is 0 Å². The number of nitrogens with zero attached hydrogens (tertiary/aromatic N) is 1. The lowest BCUT2D eigenvalue weighted by atomic mass is 9.89. The molecule has 214 valence electrons. The minimum absolute atomic E-state index is 0.897. The zero-order valence-corrected chi connectivity index (χ0v) is 24.9. The second-order valence-corrected chi connectivity index (χ2v) is 12.1. The third-order valence-corrected chi connectivity index (χ3v) is 9.57. The van der Waals surface area contributed by atoms with Gasteiger partial charge in [0.2, 0.25) is 0 Å². The lowest BCUT2D eigenvalue weighted by Gasteiger charge is -2.22. The first-order valence-electron chi connectivity index (χ1n) is 15.8. The molecule has 0 spiro atoms. The summed E-state index contributed by atoms with van der Waals surface area (Å²) in [6.07, 6.45) is 0. The Balaban J connectivity index is 1.19. The molecule has 1 aliphatic rings. The van der Waals surface area contributed by atoms with E-state index in [0.717, 1.165) is 17.1 Å². The molecule has 1 aromatic heterocycles. The molecule has 0 aliphatic carbocycles. The molecule has 0 amide bonds. The monoisotopic (exact) mass is 585 g/mol. The van der Waals surface area contributed by atoms with E-state index in [2.05, 4.69) is 168 Å². The van der Waals surface area contributed by atoms with Crippen molar-refractivity contribution in [2.24, 2.45) is 0 Å². The first-order chi connectivity index (χ1) is 22.8. The fraction of sp³-hybridized carbons (Fsp3) is 0. The van der Waals surface area contributed by atoms with Gasteiger partial charge in [-0.1, -0.05) is 121 Å². The topological polar surface area (TPSA) is 14.2 Å².